The molecule has 0 saturated heterocycles. The van der Waals surface area contributed by atoms with Gasteiger partial charge in [0.15, 0.2) is 5.58 Å². The number of nitrogens with one attached hydrogen (secondary N) is 1. The topological polar surface area (TPSA) is 66.2 Å². The van der Waals surface area contributed by atoms with Crippen LogP contribution in [0.15, 0.2) is 27.4 Å². The number of benzene rings is 1. The first-order chi connectivity index (χ1) is 8.15. The molecule has 1 aliphatic rings. The second kappa shape index (κ2) is 3.74. The van der Waals surface area contributed by atoms with Crippen LogP contribution >= 0.6 is 0 Å². The van der Waals surface area contributed by atoms with Gasteiger partial charge < -0.3 is 9.52 Å². The Morgan fingerprint density at radius 3 is 2.94 bits per heavy atom. The van der Waals surface area contributed by atoms with Crippen molar-refractivity contribution in [3.05, 3.63) is 34.3 Å². The van der Waals surface area contributed by atoms with Crippen molar-refractivity contribution in [1.82, 2.24) is 4.98 Å². The minimum Gasteiger partial charge on any atom is -0.408 e. The Bertz CT molecular complexity index is 594. The number of oxazole rings is 1. The number of rotatable bonds is 3. The van der Waals surface area contributed by atoms with Gasteiger partial charge in [0, 0.05) is 0 Å². The van der Waals surface area contributed by atoms with Crippen LogP contribution < -0.4 is 5.76 Å². The number of aromatic nitrogens is 1. The zero-order chi connectivity index (χ0) is 12.0. The monoisotopic (exact) mass is 233 g/mol. The summed E-state index contributed by atoms with van der Waals surface area (Å²) in [4.78, 5) is 13.6. The number of aromatic amines is 1. The van der Waals surface area contributed by atoms with Crippen LogP contribution in [0.2, 0.25) is 0 Å². The van der Waals surface area contributed by atoms with Crippen LogP contribution in [-0.2, 0) is 0 Å². The summed E-state index contributed by atoms with van der Waals surface area (Å²) in [6, 6.07) is 5.37. The molecule has 2 N–H and O–H groups in total. The Labute approximate surface area is 98.3 Å². The van der Waals surface area contributed by atoms with Gasteiger partial charge in [-0.3, -0.25) is 4.98 Å². The van der Waals surface area contributed by atoms with Crippen molar-refractivity contribution in [2.75, 3.05) is 0 Å². The van der Waals surface area contributed by atoms with Gasteiger partial charge in [-0.15, -0.1) is 0 Å². The fourth-order valence-electron chi connectivity index (χ4n) is 2.33. The van der Waals surface area contributed by atoms with Crippen molar-refractivity contribution in [2.45, 2.75) is 25.9 Å². The van der Waals surface area contributed by atoms with Crippen molar-refractivity contribution in [3.8, 4) is 0 Å². The summed E-state index contributed by atoms with van der Waals surface area (Å²) < 4.78 is 4.99. The van der Waals surface area contributed by atoms with Crippen LogP contribution in [0.5, 0.6) is 0 Å². The molecule has 0 aliphatic heterocycles. The van der Waals surface area contributed by atoms with E-state index in [4.69, 9.17) is 4.42 Å². The fourth-order valence-corrected chi connectivity index (χ4v) is 2.33. The molecule has 2 aromatic rings. The van der Waals surface area contributed by atoms with E-state index in [1.54, 1.807) is 12.1 Å². The third-order valence-electron chi connectivity index (χ3n) is 3.65. The highest BCUT2D eigenvalue weighted by Crippen LogP contribution is 2.42. The molecule has 3 rings (SSSR count). The van der Waals surface area contributed by atoms with Crippen molar-refractivity contribution >= 4 is 11.1 Å². The van der Waals surface area contributed by atoms with Gasteiger partial charge in [0.1, 0.15) is 0 Å². The van der Waals surface area contributed by atoms with Gasteiger partial charge in [-0.2, -0.15) is 0 Å². The first kappa shape index (κ1) is 10.6. The Hall–Kier alpha value is -1.55. The molecule has 2 unspecified atom stereocenters. The van der Waals surface area contributed by atoms with E-state index in [0.717, 1.165) is 5.56 Å². The second-order valence-electron chi connectivity index (χ2n) is 4.91. The lowest BCUT2D eigenvalue weighted by Crippen LogP contribution is -2.10. The van der Waals surface area contributed by atoms with E-state index in [0.29, 0.717) is 17.0 Å². The lowest BCUT2D eigenvalue weighted by Gasteiger charge is -2.18. The maximum Gasteiger partial charge on any atom is 0.417 e. The van der Waals surface area contributed by atoms with Crippen LogP contribution in [0.4, 0.5) is 0 Å². The summed E-state index contributed by atoms with van der Waals surface area (Å²) in [5.41, 5.74) is 2.00. The van der Waals surface area contributed by atoms with E-state index in [-0.39, 0.29) is 5.92 Å². The van der Waals surface area contributed by atoms with Gasteiger partial charge in [-0.1, -0.05) is 13.0 Å². The Kier molecular flexibility index (Phi) is 2.33. The van der Waals surface area contributed by atoms with Crippen molar-refractivity contribution < 1.29 is 9.52 Å². The Morgan fingerprint density at radius 2 is 2.24 bits per heavy atom. The van der Waals surface area contributed by atoms with Gasteiger partial charge in [0.05, 0.1) is 11.6 Å². The molecule has 0 amide bonds. The predicted octanol–water partition coefficient (Wildman–Crippen LogP) is 2.20. The zero-order valence-electron chi connectivity index (χ0n) is 9.64. The standard InChI is InChI=1S/C13H15NO3/c1-7(8-2-3-8)12(15)9-4-5-10-11(6-9)17-13(16)14-10/h4-8,12,15H,2-3H2,1H3,(H,14,16). The number of aliphatic hydroxyl groups is 1. The average Bonchev–Trinajstić information content (AvgIpc) is 3.08. The zero-order valence-corrected chi connectivity index (χ0v) is 9.64. The van der Waals surface area contributed by atoms with Crippen LogP contribution in [0.3, 0.4) is 0 Å². The SMILES string of the molecule is CC(C1CC1)C(O)c1ccc2[nH]c(=O)oc2c1. The summed E-state index contributed by atoms with van der Waals surface area (Å²) in [5, 5.41) is 10.2. The van der Waals surface area contributed by atoms with E-state index in [1.807, 2.05) is 6.07 Å². The number of hydrogen-bond acceptors (Lipinski definition) is 3. The average molecular weight is 233 g/mol. The molecule has 17 heavy (non-hydrogen) atoms. The van der Waals surface area contributed by atoms with E-state index >= 15 is 0 Å². The molecule has 1 saturated carbocycles. The van der Waals surface area contributed by atoms with Gasteiger partial charge >= 0.3 is 5.76 Å². The smallest absolute Gasteiger partial charge is 0.408 e. The van der Waals surface area contributed by atoms with Gasteiger partial charge in [-0.25, -0.2) is 4.79 Å². The number of aliphatic hydroxyl groups excluding tert-OH is 1. The lowest BCUT2D eigenvalue weighted by atomic mass is 9.93. The first-order valence-corrected chi connectivity index (χ1v) is 5.96. The first-order valence-electron chi connectivity index (χ1n) is 5.96. The normalized spacial score (nSPS) is 19.4. The highest BCUT2D eigenvalue weighted by molar-refractivity contribution is 5.72. The molecule has 4 nitrogen and oxygen atoms in total. The van der Waals surface area contributed by atoms with Crippen LogP contribution in [0, 0.1) is 11.8 Å². The molecular formula is C13H15NO3. The summed E-state index contributed by atoms with van der Waals surface area (Å²) >= 11 is 0. The Balaban J connectivity index is 1.96. The quantitative estimate of drug-likeness (QED) is 0.854. The molecule has 1 aromatic heterocycles. The number of fused-ring (bicyclic) bond motifs is 1. The predicted molar refractivity (Wildman–Crippen MR) is 63.7 cm³/mol. The van der Waals surface area contributed by atoms with Crippen LogP contribution in [0.25, 0.3) is 11.1 Å². The molecule has 4 heteroatoms. The summed E-state index contributed by atoms with van der Waals surface area (Å²) in [5.74, 6) is 0.443. The summed E-state index contributed by atoms with van der Waals surface area (Å²) in [6.45, 7) is 2.07. The maximum atomic E-state index is 11.0. The molecular weight excluding hydrogens is 218 g/mol. The molecule has 1 fully saturated rings. The molecule has 90 valence electrons. The van der Waals surface area contributed by atoms with Crippen LogP contribution in [0.1, 0.15) is 31.4 Å². The lowest BCUT2D eigenvalue weighted by molar-refractivity contribution is 0.106. The fraction of sp³-hybridized carbons (Fsp3) is 0.462. The third-order valence-corrected chi connectivity index (χ3v) is 3.65. The molecule has 0 spiro atoms. The van der Waals surface area contributed by atoms with Gasteiger partial charge in [-0.05, 0) is 42.4 Å². The number of H-pyrrole nitrogens is 1. The molecule has 1 aliphatic carbocycles. The second-order valence-corrected chi connectivity index (χ2v) is 4.91. The molecule has 0 radical (unpaired) electrons. The van der Waals surface area contributed by atoms with Gasteiger partial charge in [0.25, 0.3) is 0 Å². The van der Waals surface area contributed by atoms with Crippen molar-refractivity contribution in [3.63, 3.8) is 0 Å². The maximum absolute atomic E-state index is 11.0. The minimum absolute atomic E-state index is 0.262. The van der Waals surface area contributed by atoms with Crippen molar-refractivity contribution in [1.29, 1.82) is 0 Å². The molecule has 2 atom stereocenters. The number of hydrogen-bond donors (Lipinski definition) is 2. The van der Waals surface area contributed by atoms with Crippen LogP contribution in [-0.4, -0.2) is 10.1 Å². The summed E-state index contributed by atoms with van der Waals surface area (Å²) in [7, 11) is 0. The highest BCUT2D eigenvalue weighted by Gasteiger charge is 2.33. The Morgan fingerprint density at radius 1 is 1.47 bits per heavy atom. The van der Waals surface area contributed by atoms with Crippen molar-refractivity contribution in [2.24, 2.45) is 11.8 Å². The van der Waals surface area contributed by atoms with Gasteiger partial charge in [0.2, 0.25) is 0 Å². The van der Waals surface area contributed by atoms with E-state index < -0.39 is 11.9 Å². The molecule has 1 aromatic carbocycles. The summed E-state index contributed by atoms with van der Waals surface area (Å²) in [6.07, 6.45) is 1.94. The molecule has 1 heterocycles. The van der Waals surface area contributed by atoms with E-state index in [1.165, 1.54) is 12.8 Å². The van der Waals surface area contributed by atoms with E-state index in [9.17, 15) is 9.90 Å². The largest absolute Gasteiger partial charge is 0.417 e. The third kappa shape index (κ3) is 1.89. The van der Waals surface area contributed by atoms with E-state index in [2.05, 4.69) is 11.9 Å². The highest BCUT2D eigenvalue weighted by atomic mass is 16.4. The minimum atomic E-state index is -0.480. The molecule has 0 bridgehead atoms.